The first kappa shape index (κ1) is 20.9. The van der Waals surface area contributed by atoms with Crippen LogP contribution in [0.4, 0.5) is 4.79 Å². The number of carboxylic acids is 1. The number of amides is 2. The van der Waals surface area contributed by atoms with E-state index < -0.39 is 12.1 Å². The molecule has 0 unspecified atom stereocenters. The summed E-state index contributed by atoms with van der Waals surface area (Å²) in [7, 11) is 0. The minimum absolute atomic E-state index is 0.0396. The van der Waals surface area contributed by atoms with Crippen molar-refractivity contribution in [2.75, 3.05) is 13.2 Å². The molecule has 2 aromatic rings. The number of carbonyl (C=O) groups is 3. The third kappa shape index (κ3) is 4.71. The topological polar surface area (TPSA) is 105 Å². The Kier molecular flexibility index (Phi) is 6.21. The summed E-state index contributed by atoms with van der Waals surface area (Å²) < 4.78 is 5.43. The minimum Gasteiger partial charge on any atom is -0.481 e. The first-order chi connectivity index (χ1) is 15.0. The Morgan fingerprint density at radius 3 is 2.26 bits per heavy atom. The second-order valence-electron chi connectivity index (χ2n) is 8.14. The molecule has 0 spiro atoms. The molecule has 31 heavy (non-hydrogen) atoms. The van der Waals surface area contributed by atoms with Gasteiger partial charge in [-0.2, -0.15) is 0 Å². The Bertz CT molecular complexity index is 944. The normalized spacial score (nSPS) is 19.4. The van der Waals surface area contributed by atoms with Crippen molar-refractivity contribution in [2.24, 2.45) is 5.92 Å². The molecule has 7 heteroatoms. The van der Waals surface area contributed by atoms with Crippen LogP contribution in [0.5, 0.6) is 0 Å². The van der Waals surface area contributed by atoms with Crippen molar-refractivity contribution in [3.63, 3.8) is 0 Å². The predicted octanol–water partition coefficient (Wildman–Crippen LogP) is 3.28. The molecule has 0 radical (unpaired) electrons. The lowest BCUT2D eigenvalue weighted by Crippen LogP contribution is -2.44. The third-order valence-electron chi connectivity index (χ3n) is 6.18. The average Bonchev–Trinajstić information content (AvgIpc) is 3.32. The van der Waals surface area contributed by atoms with E-state index >= 15 is 0 Å². The third-order valence-corrected chi connectivity index (χ3v) is 6.18. The Labute approximate surface area is 180 Å². The summed E-state index contributed by atoms with van der Waals surface area (Å²) in [5.41, 5.74) is 4.55. The maximum absolute atomic E-state index is 12.2. The van der Waals surface area contributed by atoms with Gasteiger partial charge in [-0.05, 0) is 41.0 Å². The molecule has 4 rings (SSSR count). The molecule has 2 aliphatic rings. The molecule has 0 heterocycles. The van der Waals surface area contributed by atoms with Crippen molar-refractivity contribution in [2.45, 2.75) is 37.6 Å². The number of nitrogens with one attached hydrogen (secondary N) is 2. The zero-order chi connectivity index (χ0) is 21.8. The molecular weight excluding hydrogens is 396 g/mol. The van der Waals surface area contributed by atoms with E-state index in [1.807, 2.05) is 36.4 Å². The first-order valence-corrected chi connectivity index (χ1v) is 10.6. The highest BCUT2D eigenvalue weighted by molar-refractivity contribution is 5.83. The monoisotopic (exact) mass is 422 g/mol. The van der Waals surface area contributed by atoms with Crippen LogP contribution in [0.25, 0.3) is 11.1 Å². The highest BCUT2D eigenvalue weighted by atomic mass is 16.5. The number of ether oxygens (including phenoxy) is 1. The molecule has 2 aliphatic carbocycles. The van der Waals surface area contributed by atoms with Gasteiger partial charge in [0.15, 0.2) is 0 Å². The number of carbonyl (C=O) groups excluding carboxylic acids is 2. The standard InChI is InChI=1S/C24H26N2O5/c27-22(26-21-11-5-6-15(21)12-23(28)29)13-25-24(30)31-14-20-18-9-3-1-7-16(18)17-8-2-4-10-19(17)20/h1-4,7-10,15,20-21H,5-6,11-14H2,(H,25,30)(H,26,27)(H,28,29)/t15-,21+/m0/s1. The van der Waals surface area contributed by atoms with Crippen molar-refractivity contribution < 1.29 is 24.2 Å². The molecular formula is C24H26N2O5. The lowest BCUT2D eigenvalue weighted by atomic mass is 9.98. The summed E-state index contributed by atoms with van der Waals surface area (Å²) in [5.74, 6) is -1.29. The predicted molar refractivity (Wildman–Crippen MR) is 115 cm³/mol. The van der Waals surface area contributed by atoms with Crippen molar-refractivity contribution in [1.29, 1.82) is 0 Å². The number of rotatable bonds is 7. The molecule has 3 N–H and O–H groups in total. The van der Waals surface area contributed by atoms with Crippen LogP contribution in [-0.4, -0.2) is 42.3 Å². The second kappa shape index (κ2) is 9.20. The van der Waals surface area contributed by atoms with E-state index in [1.165, 1.54) is 0 Å². The van der Waals surface area contributed by atoms with E-state index in [0.29, 0.717) is 0 Å². The number of benzene rings is 2. The molecule has 0 aromatic heterocycles. The van der Waals surface area contributed by atoms with Gasteiger partial charge >= 0.3 is 12.1 Å². The van der Waals surface area contributed by atoms with Crippen LogP contribution in [0.1, 0.15) is 42.7 Å². The molecule has 7 nitrogen and oxygen atoms in total. The van der Waals surface area contributed by atoms with Crippen molar-refractivity contribution in [3.8, 4) is 11.1 Å². The van der Waals surface area contributed by atoms with E-state index in [9.17, 15) is 14.4 Å². The smallest absolute Gasteiger partial charge is 0.407 e. The van der Waals surface area contributed by atoms with Crippen LogP contribution in [0.3, 0.4) is 0 Å². The number of aliphatic carboxylic acids is 1. The summed E-state index contributed by atoms with van der Waals surface area (Å²) >= 11 is 0. The number of hydrogen-bond donors (Lipinski definition) is 3. The molecule has 1 saturated carbocycles. The number of alkyl carbamates (subject to hydrolysis) is 1. The fourth-order valence-electron chi connectivity index (χ4n) is 4.76. The van der Waals surface area contributed by atoms with Gasteiger partial charge in [0, 0.05) is 12.0 Å². The number of hydrogen-bond acceptors (Lipinski definition) is 4. The molecule has 0 bridgehead atoms. The van der Waals surface area contributed by atoms with Crippen LogP contribution >= 0.6 is 0 Å². The van der Waals surface area contributed by atoms with Crippen molar-refractivity contribution in [3.05, 3.63) is 59.7 Å². The Hall–Kier alpha value is -3.35. The fourth-order valence-corrected chi connectivity index (χ4v) is 4.76. The number of fused-ring (bicyclic) bond motifs is 3. The fraction of sp³-hybridized carbons (Fsp3) is 0.375. The zero-order valence-corrected chi connectivity index (χ0v) is 17.2. The molecule has 0 aliphatic heterocycles. The summed E-state index contributed by atoms with van der Waals surface area (Å²) in [5, 5.41) is 14.3. The molecule has 2 aromatic carbocycles. The second-order valence-corrected chi connectivity index (χ2v) is 8.14. The first-order valence-electron chi connectivity index (χ1n) is 10.6. The Balaban J connectivity index is 1.27. The zero-order valence-electron chi connectivity index (χ0n) is 17.2. The molecule has 1 fully saturated rings. The van der Waals surface area contributed by atoms with E-state index in [1.54, 1.807) is 0 Å². The lowest BCUT2D eigenvalue weighted by Gasteiger charge is -2.19. The highest BCUT2D eigenvalue weighted by Crippen LogP contribution is 2.44. The lowest BCUT2D eigenvalue weighted by molar-refractivity contribution is -0.138. The summed E-state index contributed by atoms with van der Waals surface area (Å²) in [6.07, 6.45) is 1.84. The quantitative estimate of drug-likeness (QED) is 0.635. The van der Waals surface area contributed by atoms with Gasteiger partial charge in [-0.3, -0.25) is 9.59 Å². The Morgan fingerprint density at radius 2 is 1.61 bits per heavy atom. The molecule has 2 amide bonds. The highest BCUT2D eigenvalue weighted by Gasteiger charge is 2.31. The van der Waals surface area contributed by atoms with Gasteiger partial charge in [-0.15, -0.1) is 0 Å². The van der Waals surface area contributed by atoms with Crippen LogP contribution in [0.2, 0.25) is 0 Å². The van der Waals surface area contributed by atoms with E-state index in [4.69, 9.17) is 9.84 Å². The maximum atomic E-state index is 12.2. The average molecular weight is 422 g/mol. The largest absolute Gasteiger partial charge is 0.481 e. The van der Waals surface area contributed by atoms with E-state index in [0.717, 1.165) is 41.5 Å². The summed E-state index contributed by atoms with van der Waals surface area (Å²) in [4.78, 5) is 35.3. The van der Waals surface area contributed by atoms with Gasteiger partial charge in [-0.25, -0.2) is 4.79 Å². The molecule has 2 atom stereocenters. The number of carboxylic acid groups (broad SMARTS) is 1. The molecule has 162 valence electrons. The molecule has 0 saturated heterocycles. The van der Waals surface area contributed by atoms with Gasteiger partial charge in [0.2, 0.25) is 5.91 Å². The summed E-state index contributed by atoms with van der Waals surface area (Å²) in [6, 6.07) is 16.0. The van der Waals surface area contributed by atoms with Crippen molar-refractivity contribution in [1.82, 2.24) is 10.6 Å². The van der Waals surface area contributed by atoms with Crippen LogP contribution in [-0.2, 0) is 14.3 Å². The SMILES string of the molecule is O=C(O)C[C@@H]1CCC[C@H]1NC(=O)CNC(=O)OCC1c2ccccc2-c2ccccc21. The maximum Gasteiger partial charge on any atom is 0.407 e. The van der Waals surface area contributed by atoms with Crippen LogP contribution < -0.4 is 10.6 Å². The van der Waals surface area contributed by atoms with Gasteiger partial charge < -0.3 is 20.5 Å². The Morgan fingerprint density at radius 1 is 0.968 bits per heavy atom. The summed E-state index contributed by atoms with van der Waals surface area (Å²) in [6.45, 7) is -0.0161. The van der Waals surface area contributed by atoms with Crippen LogP contribution in [0.15, 0.2) is 48.5 Å². The van der Waals surface area contributed by atoms with Gasteiger partial charge in [0.25, 0.3) is 0 Å². The van der Waals surface area contributed by atoms with E-state index in [-0.39, 0.29) is 43.4 Å². The van der Waals surface area contributed by atoms with E-state index in [2.05, 4.69) is 22.8 Å². The minimum atomic E-state index is -0.858. The van der Waals surface area contributed by atoms with Crippen LogP contribution in [0, 0.1) is 5.92 Å². The van der Waals surface area contributed by atoms with Crippen molar-refractivity contribution >= 4 is 18.0 Å². The van der Waals surface area contributed by atoms with Gasteiger partial charge in [-0.1, -0.05) is 55.0 Å². The van der Waals surface area contributed by atoms with Gasteiger partial charge in [0.05, 0.1) is 6.42 Å². The van der Waals surface area contributed by atoms with Gasteiger partial charge in [0.1, 0.15) is 13.2 Å².